The van der Waals surface area contributed by atoms with Crippen molar-refractivity contribution in [1.29, 1.82) is 0 Å². The molecular formula is C10H23O6P. The Hall–Kier alpha value is 0.0300. The van der Waals surface area contributed by atoms with Crippen molar-refractivity contribution >= 4 is 7.82 Å². The van der Waals surface area contributed by atoms with Crippen molar-refractivity contribution in [3.05, 3.63) is 0 Å². The SMILES string of the molecule is CCOC(COP(=O)(OCC)OCC)OCC. The van der Waals surface area contributed by atoms with Crippen molar-refractivity contribution in [2.24, 2.45) is 0 Å². The van der Waals surface area contributed by atoms with Crippen LogP contribution in [0.15, 0.2) is 0 Å². The average Bonchev–Trinajstić information content (AvgIpc) is 2.27. The van der Waals surface area contributed by atoms with Gasteiger partial charge in [0, 0.05) is 13.2 Å². The first-order valence-electron chi connectivity index (χ1n) is 5.88. The van der Waals surface area contributed by atoms with E-state index in [0.29, 0.717) is 13.2 Å². The van der Waals surface area contributed by atoms with Gasteiger partial charge in [-0.1, -0.05) is 0 Å². The Labute approximate surface area is 103 Å². The van der Waals surface area contributed by atoms with E-state index in [-0.39, 0.29) is 19.8 Å². The molecule has 0 atom stereocenters. The van der Waals surface area contributed by atoms with Crippen LogP contribution in [-0.2, 0) is 27.6 Å². The highest BCUT2D eigenvalue weighted by Crippen LogP contribution is 2.49. The van der Waals surface area contributed by atoms with Gasteiger partial charge in [-0.25, -0.2) is 4.57 Å². The zero-order valence-corrected chi connectivity index (χ0v) is 11.9. The third-order valence-corrected chi connectivity index (χ3v) is 3.26. The zero-order valence-electron chi connectivity index (χ0n) is 11.0. The van der Waals surface area contributed by atoms with Crippen molar-refractivity contribution < 1.29 is 27.6 Å². The maximum Gasteiger partial charge on any atom is 0.474 e. The monoisotopic (exact) mass is 270 g/mol. The lowest BCUT2D eigenvalue weighted by Crippen LogP contribution is -2.23. The molecule has 0 rings (SSSR count). The minimum absolute atomic E-state index is 0.0129. The van der Waals surface area contributed by atoms with Crippen LogP contribution in [0.3, 0.4) is 0 Å². The van der Waals surface area contributed by atoms with E-state index in [9.17, 15) is 4.57 Å². The highest BCUT2D eigenvalue weighted by atomic mass is 31.2. The van der Waals surface area contributed by atoms with Gasteiger partial charge < -0.3 is 9.47 Å². The van der Waals surface area contributed by atoms with Crippen molar-refractivity contribution in [2.45, 2.75) is 34.0 Å². The lowest BCUT2D eigenvalue weighted by atomic mass is 10.6. The van der Waals surface area contributed by atoms with E-state index in [2.05, 4.69) is 0 Å². The van der Waals surface area contributed by atoms with Crippen LogP contribution in [-0.4, -0.2) is 39.3 Å². The Morgan fingerprint density at radius 1 is 0.824 bits per heavy atom. The fourth-order valence-corrected chi connectivity index (χ4v) is 2.26. The fraction of sp³-hybridized carbons (Fsp3) is 1.00. The molecule has 0 amide bonds. The van der Waals surface area contributed by atoms with Crippen molar-refractivity contribution in [3.8, 4) is 0 Å². The van der Waals surface area contributed by atoms with E-state index in [1.165, 1.54) is 0 Å². The van der Waals surface area contributed by atoms with Gasteiger partial charge in [-0.2, -0.15) is 0 Å². The average molecular weight is 270 g/mol. The summed E-state index contributed by atoms with van der Waals surface area (Å²) in [6, 6.07) is 0. The summed E-state index contributed by atoms with van der Waals surface area (Å²) in [5, 5.41) is 0. The summed E-state index contributed by atoms with van der Waals surface area (Å²) >= 11 is 0. The molecule has 6 nitrogen and oxygen atoms in total. The molecule has 0 unspecified atom stereocenters. The molecule has 0 aromatic carbocycles. The summed E-state index contributed by atoms with van der Waals surface area (Å²) in [6.45, 7) is 8.63. The van der Waals surface area contributed by atoms with Gasteiger partial charge in [0.25, 0.3) is 0 Å². The number of phosphoric ester groups is 1. The Morgan fingerprint density at radius 2 is 1.29 bits per heavy atom. The van der Waals surface area contributed by atoms with Crippen LogP contribution < -0.4 is 0 Å². The summed E-state index contributed by atoms with van der Waals surface area (Å²) < 4.78 is 37.5. The van der Waals surface area contributed by atoms with Crippen LogP contribution in [0.2, 0.25) is 0 Å². The molecule has 0 aromatic heterocycles. The van der Waals surface area contributed by atoms with E-state index in [0.717, 1.165) is 0 Å². The second-order valence-electron chi connectivity index (χ2n) is 2.92. The smallest absolute Gasteiger partial charge is 0.351 e. The molecular weight excluding hydrogens is 247 g/mol. The van der Waals surface area contributed by atoms with Gasteiger partial charge in [0.05, 0.1) is 13.2 Å². The second kappa shape index (κ2) is 10.00. The topological polar surface area (TPSA) is 63.2 Å². The first-order chi connectivity index (χ1) is 8.11. The molecule has 0 aliphatic heterocycles. The van der Waals surface area contributed by atoms with Crippen molar-refractivity contribution in [1.82, 2.24) is 0 Å². The van der Waals surface area contributed by atoms with Crippen LogP contribution in [0, 0.1) is 0 Å². The maximum atomic E-state index is 11.9. The molecule has 0 aliphatic rings. The summed E-state index contributed by atoms with van der Waals surface area (Å²) in [4.78, 5) is 0. The van der Waals surface area contributed by atoms with E-state index < -0.39 is 14.1 Å². The number of phosphoric acid groups is 1. The maximum absolute atomic E-state index is 11.9. The lowest BCUT2D eigenvalue weighted by molar-refractivity contribution is -0.155. The Kier molecular flexibility index (Phi) is 10.0. The van der Waals surface area contributed by atoms with Gasteiger partial charge in [0.2, 0.25) is 0 Å². The molecule has 0 aromatic rings. The molecule has 0 bridgehead atoms. The van der Waals surface area contributed by atoms with E-state index >= 15 is 0 Å². The van der Waals surface area contributed by atoms with Crippen molar-refractivity contribution in [3.63, 3.8) is 0 Å². The van der Waals surface area contributed by atoms with Gasteiger partial charge in [-0.3, -0.25) is 13.6 Å². The molecule has 0 heterocycles. The molecule has 104 valence electrons. The molecule has 0 saturated carbocycles. The van der Waals surface area contributed by atoms with Gasteiger partial charge >= 0.3 is 7.82 Å². The van der Waals surface area contributed by atoms with E-state index in [1.807, 2.05) is 13.8 Å². The van der Waals surface area contributed by atoms with Crippen LogP contribution in [0.5, 0.6) is 0 Å². The van der Waals surface area contributed by atoms with Gasteiger partial charge in [-0.15, -0.1) is 0 Å². The molecule has 0 fully saturated rings. The number of rotatable bonds is 11. The Morgan fingerprint density at radius 3 is 1.65 bits per heavy atom. The summed E-state index contributed by atoms with van der Waals surface area (Å²) in [7, 11) is -3.48. The first-order valence-corrected chi connectivity index (χ1v) is 7.34. The molecule has 0 N–H and O–H groups in total. The molecule has 0 spiro atoms. The van der Waals surface area contributed by atoms with E-state index in [1.54, 1.807) is 13.8 Å². The first kappa shape index (κ1) is 17.0. The minimum Gasteiger partial charge on any atom is -0.351 e. The highest BCUT2D eigenvalue weighted by molar-refractivity contribution is 7.48. The predicted molar refractivity (Wildman–Crippen MR) is 63.9 cm³/mol. The van der Waals surface area contributed by atoms with Crippen molar-refractivity contribution in [2.75, 3.05) is 33.0 Å². The zero-order chi connectivity index (χ0) is 13.1. The lowest BCUT2D eigenvalue weighted by Gasteiger charge is -2.20. The molecule has 0 radical (unpaired) electrons. The standard InChI is InChI=1S/C10H23O6P/c1-5-12-10(13-6-2)9-16-17(11,14-7-3)15-8-4/h10H,5-9H2,1-4H3. The van der Waals surface area contributed by atoms with Crippen LogP contribution in [0.4, 0.5) is 0 Å². The minimum atomic E-state index is -3.48. The summed E-state index contributed by atoms with van der Waals surface area (Å²) in [6.07, 6.45) is -0.556. The van der Waals surface area contributed by atoms with Crippen LogP contribution >= 0.6 is 7.82 Å². The normalized spacial score (nSPS) is 12.3. The van der Waals surface area contributed by atoms with E-state index in [4.69, 9.17) is 23.0 Å². The number of hydrogen-bond acceptors (Lipinski definition) is 6. The quantitative estimate of drug-likeness (QED) is 0.425. The molecule has 7 heteroatoms. The fourth-order valence-electron chi connectivity index (χ4n) is 1.10. The molecule has 0 saturated heterocycles. The third kappa shape index (κ3) is 7.86. The second-order valence-corrected chi connectivity index (χ2v) is 4.59. The van der Waals surface area contributed by atoms with Gasteiger partial charge in [-0.05, 0) is 27.7 Å². The van der Waals surface area contributed by atoms with Crippen LogP contribution in [0.1, 0.15) is 27.7 Å². The Bertz CT molecular complexity index is 207. The summed E-state index contributed by atoms with van der Waals surface area (Å²) in [5.41, 5.74) is 0. The Balaban J connectivity index is 4.20. The van der Waals surface area contributed by atoms with Gasteiger partial charge in [0.15, 0.2) is 6.29 Å². The number of ether oxygens (including phenoxy) is 2. The summed E-state index contributed by atoms with van der Waals surface area (Å²) in [5.74, 6) is 0. The van der Waals surface area contributed by atoms with Crippen LogP contribution in [0.25, 0.3) is 0 Å². The predicted octanol–water partition coefficient (Wildman–Crippen LogP) is 2.58. The largest absolute Gasteiger partial charge is 0.474 e. The van der Waals surface area contributed by atoms with Gasteiger partial charge in [0.1, 0.15) is 6.61 Å². The third-order valence-electron chi connectivity index (χ3n) is 1.65. The molecule has 17 heavy (non-hydrogen) atoms. The number of hydrogen-bond donors (Lipinski definition) is 0. The molecule has 0 aliphatic carbocycles. The highest BCUT2D eigenvalue weighted by Gasteiger charge is 2.27.